The Morgan fingerprint density at radius 2 is 2.06 bits per heavy atom. The third-order valence-corrected chi connectivity index (χ3v) is 3.60. The lowest BCUT2D eigenvalue weighted by Gasteiger charge is -2.04. The van der Waals surface area contributed by atoms with E-state index in [4.69, 9.17) is 23.2 Å². The van der Waals surface area contributed by atoms with Crippen molar-refractivity contribution in [3.05, 3.63) is 43.3 Å². The molecule has 2 aromatic rings. The Kier molecular flexibility index (Phi) is 4.42. The average molecular weight is 414 g/mol. The second-order valence-electron chi connectivity index (χ2n) is 3.35. The molecule has 0 radical (unpaired) electrons. The molecule has 0 bridgehead atoms. The summed E-state index contributed by atoms with van der Waals surface area (Å²) < 4.78 is 2.30. The van der Waals surface area contributed by atoms with E-state index in [1.807, 2.05) is 0 Å². The number of hydrogen-bond acceptors (Lipinski definition) is 3. The van der Waals surface area contributed by atoms with Crippen LogP contribution in [0, 0.1) is 0 Å². The molecular formula is C10H5Br2Cl2N3O. The lowest BCUT2D eigenvalue weighted by Crippen LogP contribution is -2.12. The zero-order valence-corrected chi connectivity index (χ0v) is 13.4. The third-order valence-electron chi connectivity index (χ3n) is 2.13. The van der Waals surface area contributed by atoms with Crippen molar-refractivity contribution < 1.29 is 4.79 Å². The molecule has 1 aromatic heterocycles. The van der Waals surface area contributed by atoms with E-state index < -0.39 is 0 Å². The number of benzene rings is 1. The first kappa shape index (κ1) is 14.0. The van der Waals surface area contributed by atoms with Crippen molar-refractivity contribution in [3.63, 3.8) is 0 Å². The van der Waals surface area contributed by atoms with Crippen molar-refractivity contribution in [1.29, 1.82) is 0 Å². The highest BCUT2D eigenvalue weighted by atomic mass is 79.9. The van der Waals surface area contributed by atoms with Crippen LogP contribution in [0.1, 0.15) is 10.4 Å². The van der Waals surface area contributed by atoms with Gasteiger partial charge < -0.3 is 0 Å². The largest absolute Gasteiger partial charge is 0.292 e. The van der Waals surface area contributed by atoms with Gasteiger partial charge in [-0.2, -0.15) is 4.98 Å². The molecule has 0 aliphatic heterocycles. The van der Waals surface area contributed by atoms with Crippen molar-refractivity contribution in [1.82, 2.24) is 14.8 Å². The van der Waals surface area contributed by atoms with E-state index >= 15 is 0 Å². The van der Waals surface area contributed by atoms with Gasteiger partial charge in [0, 0.05) is 10.6 Å². The number of ketones is 1. The van der Waals surface area contributed by atoms with Crippen molar-refractivity contribution >= 4 is 60.8 Å². The van der Waals surface area contributed by atoms with E-state index in [1.54, 1.807) is 12.1 Å². The topological polar surface area (TPSA) is 47.8 Å². The quantitative estimate of drug-likeness (QED) is 0.715. The van der Waals surface area contributed by atoms with Crippen LogP contribution in [0.25, 0.3) is 0 Å². The molecular weight excluding hydrogens is 409 g/mol. The highest BCUT2D eigenvalue weighted by Crippen LogP contribution is 2.22. The maximum atomic E-state index is 12.1. The number of rotatable bonds is 3. The Morgan fingerprint density at radius 1 is 1.33 bits per heavy atom. The zero-order valence-electron chi connectivity index (χ0n) is 8.70. The van der Waals surface area contributed by atoms with Crippen LogP contribution >= 0.6 is 55.1 Å². The molecule has 2 rings (SSSR count). The van der Waals surface area contributed by atoms with Gasteiger partial charge in [-0.05, 0) is 50.1 Å². The van der Waals surface area contributed by atoms with E-state index in [1.165, 1.54) is 10.7 Å². The SMILES string of the molecule is O=C(Cn1nc(Br)nc1Br)c1ccc(Cl)cc1Cl. The van der Waals surface area contributed by atoms with Gasteiger partial charge in [-0.15, -0.1) is 5.10 Å². The minimum atomic E-state index is -0.172. The molecule has 0 saturated carbocycles. The Labute approximate surface area is 130 Å². The predicted octanol–water partition coefficient (Wildman–Crippen LogP) is 3.99. The fraction of sp³-hybridized carbons (Fsp3) is 0.100. The number of aromatic nitrogens is 3. The Hall–Kier alpha value is -0.430. The fourth-order valence-corrected chi connectivity index (χ4v) is 2.82. The first-order valence-electron chi connectivity index (χ1n) is 4.71. The zero-order chi connectivity index (χ0) is 13.3. The summed E-state index contributed by atoms with van der Waals surface area (Å²) >= 11 is 18.1. The molecule has 0 aliphatic rings. The number of carbonyl (C=O) groups excluding carboxylic acids is 1. The van der Waals surface area contributed by atoms with Gasteiger partial charge in [0.05, 0.1) is 5.02 Å². The molecule has 1 heterocycles. The molecule has 0 saturated heterocycles. The summed E-state index contributed by atoms with van der Waals surface area (Å²) in [6.45, 7) is 0.0422. The number of carbonyl (C=O) groups is 1. The van der Waals surface area contributed by atoms with Crippen LogP contribution in [-0.4, -0.2) is 20.5 Å². The van der Waals surface area contributed by atoms with Crippen molar-refractivity contribution in [3.8, 4) is 0 Å². The van der Waals surface area contributed by atoms with Gasteiger partial charge in [-0.25, -0.2) is 4.68 Å². The summed E-state index contributed by atoms with van der Waals surface area (Å²) in [5, 5.41) is 4.82. The number of hydrogen-bond donors (Lipinski definition) is 0. The van der Waals surface area contributed by atoms with E-state index in [9.17, 15) is 4.79 Å². The standard InChI is InChI=1S/C10H5Br2Cl2N3O/c11-9-15-10(12)17(16-9)4-8(18)6-2-1-5(13)3-7(6)14/h1-3H,4H2. The molecule has 0 unspecified atom stereocenters. The average Bonchev–Trinajstić information content (AvgIpc) is 2.57. The molecule has 0 N–H and O–H groups in total. The van der Waals surface area contributed by atoms with Crippen molar-refractivity contribution in [2.45, 2.75) is 6.54 Å². The molecule has 0 aliphatic carbocycles. The minimum Gasteiger partial charge on any atom is -0.292 e. The second kappa shape index (κ2) is 5.69. The van der Waals surface area contributed by atoms with Crippen LogP contribution in [-0.2, 0) is 6.54 Å². The number of halogens is 4. The Morgan fingerprint density at radius 3 is 2.61 bits per heavy atom. The summed E-state index contributed by atoms with van der Waals surface area (Å²) in [7, 11) is 0. The van der Waals surface area contributed by atoms with Gasteiger partial charge in [-0.3, -0.25) is 4.79 Å². The highest BCUT2D eigenvalue weighted by molar-refractivity contribution is 9.11. The molecule has 1 aromatic carbocycles. The maximum Gasteiger partial charge on any atom is 0.218 e. The fourth-order valence-electron chi connectivity index (χ4n) is 1.33. The first-order chi connectivity index (χ1) is 8.47. The molecule has 0 atom stereocenters. The van der Waals surface area contributed by atoms with E-state index in [2.05, 4.69) is 41.9 Å². The number of nitrogens with zero attached hydrogens (tertiary/aromatic N) is 3. The number of Topliss-reactive ketones (excluding diaryl/α,β-unsaturated/α-hetero) is 1. The van der Waals surface area contributed by atoms with Crippen molar-refractivity contribution in [2.75, 3.05) is 0 Å². The smallest absolute Gasteiger partial charge is 0.218 e. The summed E-state index contributed by atoms with van der Waals surface area (Å²) in [4.78, 5) is 16.0. The van der Waals surface area contributed by atoms with Gasteiger partial charge in [-0.1, -0.05) is 23.2 Å². The van der Waals surface area contributed by atoms with E-state index in [0.29, 0.717) is 25.1 Å². The van der Waals surface area contributed by atoms with Gasteiger partial charge in [0.1, 0.15) is 6.54 Å². The van der Waals surface area contributed by atoms with Crippen LogP contribution in [0.3, 0.4) is 0 Å². The first-order valence-corrected chi connectivity index (χ1v) is 7.05. The Bertz CT molecular complexity index is 615. The van der Waals surface area contributed by atoms with E-state index in [-0.39, 0.29) is 12.3 Å². The van der Waals surface area contributed by atoms with Crippen LogP contribution in [0.2, 0.25) is 10.0 Å². The van der Waals surface area contributed by atoms with Gasteiger partial charge in [0.25, 0.3) is 0 Å². The molecule has 0 spiro atoms. The van der Waals surface area contributed by atoms with Gasteiger partial charge in [0.2, 0.25) is 4.73 Å². The molecule has 18 heavy (non-hydrogen) atoms. The van der Waals surface area contributed by atoms with Gasteiger partial charge in [0.15, 0.2) is 10.5 Å². The van der Waals surface area contributed by atoms with Crippen LogP contribution in [0.5, 0.6) is 0 Å². The molecule has 0 fully saturated rings. The predicted molar refractivity (Wildman–Crippen MR) is 76.2 cm³/mol. The van der Waals surface area contributed by atoms with Gasteiger partial charge >= 0.3 is 0 Å². The summed E-state index contributed by atoms with van der Waals surface area (Å²) in [6, 6.07) is 4.74. The Balaban J connectivity index is 2.24. The second-order valence-corrected chi connectivity index (χ2v) is 5.62. The highest BCUT2D eigenvalue weighted by Gasteiger charge is 2.14. The minimum absolute atomic E-state index is 0.0422. The summed E-state index contributed by atoms with van der Waals surface area (Å²) in [5.41, 5.74) is 0.402. The van der Waals surface area contributed by atoms with Crippen LogP contribution < -0.4 is 0 Å². The van der Waals surface area contributed by atoms with Crippen LogP contribution in [0.4, 0.5) is 0 Å². The lowest BCUT2D eigenvalue weighted by atomic mass is 10.1. The molecule has 4 nitrogen and oxygen atoms in total. The molecule has 94 valence electrons. The van der Waals surface area contributed by atoms with E-state index in [0.717, 1.165) is 0 Å². The third kappa shape index (κ3) is 3.12. The monoisotopic (exact) mass is 411 g/mol. The summed E-state index contributed by atoms with van der Waals surface area (Å²) in [5.74, 6) is -0.172. The molecule has 8 heteroatoms. The normalized spacial score (nSPS) is 10.7. The maximum absolute atomic E-state index is 12.1. The lowest BCUT2D eigenvalue weighted by molar-refractivity contribution is 0.0966. The molecule has 0 amide bonds. The van der Waals surface area contributed by atoms with Crippen molar-refractivity contribution in [2.24, 2.45) is 0 Å². The van der Waals surface area contributed by atoms with Crippen LogP contribution in [0.15, 0.2) is 27.7 Å². The summed E-state index contributed by atoms with van der Waals surface area (Å²) in [6.07, 6.45) is 0.